The maximum atomic E-state index is 8.89. The van der Waals surface area contributed by atoms with Crippen LogP contribution in [0, 0.1) is 11.3 Å². The lowest BCUT2D eigenvalue weighted by Crippen LogP contribution is -2.15. The molecule has 1 rings (SSSR count). The van der Waals surface area contributed by atoms with Gasteiger partial charge in [0.25, 0.3) is 0 Å². The highest BCUT2D eigenvalue weighted by molar-refractivity contribution is 6.35. The van der Waals surface area contributed by atoms with Gasteiger partial charge in [0.05, 0.1) is 5.02 Å². The summed E-state index contributed by atoms with van der Waals surface area (Å²) >= 11 is 12.0. The molecule has 1 atom stereocenters. The highest BCUT2D eigenvalue weighted by Crippen LogP contribution is 2.33. The van der Waals surface area contributed by atoms with Crippen LogP contribution >= 0.6 is 23.2 Å². The van der Waals surface area contributed by atoms with Crippen LogP contribution in [-0.2, 0) is 6.54 Å². The van der Waals surface area contributed by atoms with E-state index in [1.165, 1.54) is 0 Å². The molecule has 0 saturated heterocycles. The van der Waals surface area contributed by atoms with Crippen LogP contribution in [0.25, 0.3) is 0 Å². The number of nitriles is 1. The lowest BCUT2D eigenvalue weighted by molar-refractivity contribution is 0.249. The van der Waals surface area contributed by atoms with Gasteiger partial charge in [-0.25, -0.2) is 0 Å². The van der Waals surface area contributed by atoms with Crippen molar-refractivity contribution in [3.8, 4) is 11.8 Å². The molecule has 1 aromatic carbocycles. The van der Waals surface area contributed by atoms with Gasteiger partial charge in [0.2, 0.25) is 0 Å². The minimum Gasteiger partial charge on any atom is -0.474 e. The number of nitrogens with zero attached hydrogens (tertiary/aromatic N) is 1. The first-order valence-electron chi connectivity index (χ1n) is 5.31. The summed E-state index contributed by atoms with van der Waals surface area (Å²) in [7, 11) is 1.82. The van der Waals surface area contributed by atoms with Crippen molar-refractivity contribution in [2.45, 2.75) is 26.0 Å². The smallest absolute Gasteiger partial charge is 0.184 e. The SMILES string of the molecule is CCC(C#N)Oc1c(Cl)cc(Cl)cc1CNC. The van der Waals surface area contributed by atoms with Crippen molar-refractivity contribution >= 4 is 23.2 Å². The first-order chi connectivity index (χ1) is 8.12. The molecule has 0 aliphatic heterocycles. The van der Waals surface area contributed by atoms with Crippen molar-refractivity contribution in [3.63, 3.8) is 0 Å². The summed E-state index contributed by atoms with van der Waals surface area (Å²) in [6.07, 6.45) is 0.110. The van der Waals surface area contributed by atoms with Crippen LogP contribution in [0.4, 0.5) is 0 Å². The van der Waals surface area contributed by atoms with Crippen molar-refractivity contribution in [1.29, 1.82) is 5.26 Å². The molecule has 0 aliphatic rings. The number of nitrogens with one attached hydrogen (secondary N) is 1. The topological polar surface area (TPSA) is 45.0 Å². The molecule has 0 spiro atoms. The van der Waals surface area contributed by atoms with Crippen LogP contribution in [0.1, 0.15) is 18.9 Å². The van der Waals surface area contributed by atoms with Gasteiger partial charge in [-0.1, -0.05) is 30.1 Å². The maximum Gasteiger partial charge on any atom is 0.184 e. The molecule has 3 nitrogen and oxygen atoms in total. The Kier molecular flexibility index (Phi) is 5.57. The van der Waals surface area contributed by atoms with E-state index in [4.69, 9.17) is 33.2 Å². The van der Waals surface area contributed by atoms with Gasteiger partial charge in [0.1, 0.15) is 11.8 Å². The first-order valence-corrected chi connectivity index (χ1v) is 6.06. The second-order valence-electron chi connectivity index (χ2n) is 3.55. The Hall–Kier alpha value is -0.950. The number of ether oxygens (including phenoxy) is 1. The molecule has 0 aliphatic carbocycles. The molecule has 1 aromatic rings. The van der Waals surface area contributed by atoms with Gasteiger partial charge in [-0.2, -0.15) is 5.26 Å². The van der Waals surface area contributed by atoms with E-state index >= 15 is 0 Å². The molecule has 0 bridgehead atoms. The minimum atomic E-state index is -0.496. The van der Waals surface area contributed by atoms with E-state index in [1.807, 2.05) is 14.0 Å². The number of halogens is 2. The fourth-order valence-corrected chi connectivity index (χ4v) is 1.99. The zero-order valence-corrected chi connectivity index (χ0v) is 11.3. The van der Waals surface area contributed by atoms with Crippen LogP contribution < -0.4 is 10.1 Å². The lowest BCUT2D eigenvalue weighted by atomic mass is 10.2. The molecule has 0 saturated carbocycles. The molecular weight excluding hydrogens is 259 g/mol. The van der Waals surface area contributed by atoms with Crippen LogP contribution in [0.5, 0.6) is 5.75 Å². The van der Waals surface area contributed by atoms with Crippen molar-refractivity contribution in [2.24, 2.45) is 0 Å². The quantitative estimate of drug-likeness (QED) is 0.894. The predicted molar refractivity (Wildman–Crippen MR) is 69.5 cm³/mol. The van der Waals surface area contributed by atoms with Crippen molar-refractivity contribution in [1.82, 2.24) is 5.32 Å². The predicted octanol–water partition coefficient (Wildman–Crippen LogP) is 3.39. The number of rotatable bonds is 5. The molecule has 92 valence electrons. The van der Waals surface area contributed by atoms with Crippen molar-refractivity contribution in [3.05, 3.63) is 27.7 Å². The Balaban J connectivity index is 3.07. The summed E-state index contributed by atoms with van der Waals surface area (Å²) in [5.74, 6) is 0.527. The van der Waals surface area contributed by atoms with Gasteiger partial charge in [-0.15, -0.1) is 0 Å². The first kappa shape index (κ1) is 14.1. The van der Waals surface area contributed by atoms with Crippen molar-refractivity contribution in [2.75, 3.05) is 7.05 Å². The van der Waals surface area contributed by atoms with Crippen LogP contribution in [0.15, 0.2) is 12.1 Å². The molecule has 0 radical (unpaired) electrons. The molecule has 1 unspecified atom stereocenters. The molecule has 17 heavy (non-hydrogen) atoms. The second-order valence-corrected chi connectivity index (χ2v) is 4.39. The molecule has 0 heterocycles. The van der Waals surface area contributed by atoms with E-state index in [-0.39, 0.29) is 0 Å². The van der Waals surface area contributed by atoms with Crippen LogP contribution in [-0.4, -0.2) is 13.2 Å². The summed E-state index contributed by atoms with van der Waals surface area (Å²) < 4.78 is 5.59. The Morgan fingerprint density at radius 3 is 2.71 bits per heavy atom. The molecule has 5 heteroatoms. The largest absolute Gasteiger partial charge is 0.474 e. The average molecular weight is 273 g/mol. The van der Waals surface area contributed by atoms with Crippen LogP contribution in [0.2, 0.25) is 10.0 Å². The molecule has 0 amide bonds. The third-order valence-corrected chi connectivity index (χ3v) is 2.73. The van der Waals surface area contributed by atoms with Crippen LogP contribution in [0.3, 0.4) is 0 Å². The fraction of sp³-hybridized carbons (Fsp3) is 0.417. The Bertz CT molecular complexity index is 429. The average Bonchev–Trinajstić information content (AvgIpc) is 2.29. The third-order valence-electron chi connectivity index (χ3n) is 2.23. The molecule has 1 N–H and O–H groups in total. The monoisotopic (exact) mass is 272 g/mol. The summed E-state index contributed by atoms with van der Waals surface area (Å²) in [4.78, 5) is 0. The zero-order chi connectivity index (χ0) is 12.8. The van der Waals surface area contributed by atoms with E-state index < -0.39 is 6.10 Å². The highest BCUT2D eigenvalue weighted by Gasteiger charge is 2.14. The van der Waals surface area contributed by atoms with Gasteiger partial charge >= 0.3 is 0 Å². The van der Waals surface area contributed by atoms with Gasteiger partial charge in [0.15, 0.2) is 6.10 Å². The molecule has 0 aromatic heterocycles. The number of benzene rings is 1. The highest BCUT2D eigenvalue weighted by atomic mass is 35.5. The van der Waals surface area contributed by atoms with Crippen molar-refractivity contribution < 1.29 is 4.74 Å². The van der Waals surface area contributed by atoms with Gasteiger partial charge in [0, 0.05) is 17.1 Å². The summed E-state index contributed by atoms with van der Waals surface area (Å²) in [6.45, 7) is 2.47. The number of hydrogen-bond donors (Lipinski definition) is 1. The van der Waals surface area contributed by atoms with E-state index in [0.29, 0.717) is 28.8 Å². The summed E-state index contributed by atoms with van der Waals surface area (Å²) in [5, 5.41) is 12.9. The third kappa shape index (κ3) is 3.78. The van der Waals surface area contributed by atoms with E-state index in [1.54, 1.807) is 12.1 Å². The zero-order valence-electron chi connectivity index (χ0n) is 9.76. The molecule has 0 fully saturated rings. The van der Waals surface area contributed by atoms with E-state index in [9.17, 15) is 0 Å². The Labute approximate surface area is 111 Å². The fourth-order valence-electron chi connectivity index (χ4n) is 1.41. The summed E-state index contributed by atoms with van der Waals surface area (Å²) in [5.41, 5.74) is 0.846. The lowest BCUT2D eigenvalue weighted by Gasteiger charge is -2.16. The maximum absolute atomic E-state index is 8.89. The Morgan fingerprint density at radius 2 is 2.18 bits per heavy atom. The minimum absolute atomic E-state index is 0.427. The van der Waals surface area contributed by atoms with Gasteiger partial charge in [-0.3, -0.25) is 0 Å². The number of hydrogen-bond acceptors (Lipinski definition) is 3. The van der Waals surface area contributed by atoms with E-state index in [0.717, 1.165) is 5.56 Å². The van der Waals surface area contributed by atoms with Gasteiger partial charge < -0.3 is 10.1 Å². The Morgan fingerprint density at radius 1 is 1.47 bits per heavy atom. The standard InChI is InChI=1S/C12H14Cl2N2O/c1-3-10(6-15)17-12-8(7-16-2)4-9(13)5-11(12)14/h4-5,10,16H,3,7H2,1-2H3. The molecular formula is C12H14Cl2N2O. The van der Waals surface area contributed by atoms with Gasteiger partial charge in [-0.05, 0) is 25.6 Å². The second kappa shape index (κ2) is 6.70. The van der Waals surface area contributed by atoms with E-state index in [2.05, 4.69) is 11.4 Å². The summed E-state index contributed by atoms with van der Waals surface area (Å²) in [6, 6.07) is 5.47. The normalized spacial score (nSPS) is 11.9.